The summed E-state index contributed by atoms with van der Waals surface area (Å²) in [5.41, 5.74) is 0.252. The fourth-order valence-corrected chi connectivity index (χ4v) is 4.00. The number of ether oxygens (including phenoxy) is 1. The molecule has 2 aliphatic carbocycles. The van der Waals surface area contributed by atoms with Crippen LogP contribution in [-0.4, -0.2) is 62.7 Å². The van der Waals surface area contributed by atoms with Gasteiger partial charge in [-0.1, -0.05) is 26.7 Å². The smallest absolute Gasteiger partial charge is 0.243 e. The van der Waals surface area contributed by atoms with E-state index in [9.17, 15) is 4.79 Å². The molecule has 1 spiro atoms. The van der Waals surface area contributed by atoms with Gasteiger partial charge in [-0.3, -0.25) is 4.79 Å². The van der Waals surface area contributed by atoms with Crippen molar-refractivity contribution >= 4 is 35.8 Å². The number of hydrogen-bond donors (Lipinski definition) is 2. The third kappa shape index (κ3) is 5.71. The highest BCUT2D eigenvalue weighted by molar-refractivity contribution is 14.0. The molecule has 0 bridgehead atoms. The van der Waals surface area contributed by atoms with Crippen LogP contribution in [0.25, 0.3) is 0 Å². The molecule has 0 radical (unpaired) electrons. The lowest BCUT2D eigenvalue weighted by Gasteiger charge is -2.54. The molecule has 6 nitrogen and oxygen atoms in total. The molecule has 0 aromatic rings. The average molecular weight is 480 g/mol. The van der Waals surface area contributed by atoms with Crippen LogP contribution in [0.4, 0.5) is 0 Å². The van der Waals surface area contributed by atoms with E-state index >= 15 is 0 Å². The summed E-state index contributed by atoms with van der Waals surface area (Å²) in [4.78, 5) is 18.0. The highest BCUT2D eigenvalue weighted by Crippen LogP contribution is 2.54. The van der Waals surface area contributed by atoms with Crippen LogP contribution in [0.5, 0.6) is 0 Å². The Hall–Kier alpha value is -0.570. The molecule has 1 amide bonds. The number of aliphatic imine (C=N–C) groups is 1. The molecule has 2 N–H and O–H groups in total. The summed E-state index contributed by atoms with van der Waals surface area (Å²) in [6.45, 7) is 8.22. The maximum atomic E-state index is 11.9. The number of carbonyl (C=O) groups excluding carboxylic acids is 1. The first-order valence-corrected chi connectivity index (χ1v) is 9.75. The molecule has 0 saturated heterocycles. The van der Waals surface area contributed by atoms with Crippen molar-refractivity contribution in [2.75, 3.05) is 33.8 Å². The highest BCUT2D eigenvalue weighted by Gasteiger charge is 2.56. The van der Waals surface area contributed by atoms with Crippen LogP contribution in [0.3, 0.4) is 0 Å². The monoisotopic (exact) mass is 480 g/mol. The van der Waals surface area contributed by atoms with E-state index in [-0.39, 0.29) is 41.8 Å². The fraction of sp³-hybridized carbons (Fsp3) is 0.895. The number of nitrogens with one attached hydrogen (secondary N) is 2. The largest absolute Gasteiger partial charge is 0.378 e. The second-order valence-electron chi connectivity index (χ2n) is 8.04. The molecule has 152 valence electrons. The molecule has 2 rings (SSSR count). The molecule has 2 aliphatic rings. The van der Waals surface area contributed by atoms with Gasteiger partial charge in [-0.15, -0.1) is 24.0 Å². The van der Waals surface area contributed by atoms with Gasteiger partial charge < -0.3 is 20.3 Å². The maximum absolute atomic E-state index is 11.9. The zero-order valence-electron chi connectivity index (χ0n) is 17.0. The Balaban J connectivity index is 0.00000338. The molecule has 7 heteroatoms. The van der Waals surface area contributed by atoms with Crippen LogP contribution in [0, 0.1) is 11.3 Å². The molecule has 0 aromatic heterocycles. The van der Waals surface area contributed by atoms with E-state index in [0.29, 0.717) is 18.1 Å². The van der Waals surface area contributed by atoms with Crippen molar-refractivity contribution in [3.8, 4) is 0 Å². The number of guanidine groups is 1. The van der Waals surface area contributed by atoms with E-state index in [1.807, 2.05) is 0 Å². The standard InChI is InChI=1S/C19H36N4O2.HI/c1-6-25-16-11-15(19(16)9-7-8-10-19)22-18(20-12-14(2)3)21-13-17(24)23(4)5;/h14-16H,6-13H2,1-5H3,(H2,20,21,22);1H. The van der Waals surface area contributed by atoms with Gasteiger partial charge in [0.05, 0.1) is 6.10 Å². The molecule has 2 fully saturated rings. The number of halogens is 1. The van der Waals surface area contributed by atoms with E-state index in [0.717, 1.165) is 25.5 Å². The molecule has 0 aliphatic heterocycles. The van der Waals surface area contributed by atoms with Crippen molar-refractivity contribution in [1.82, 2.24) is 15.5 Å². The van der Waals surface area contributed by atoms with Gasteiger partial charge in [0.25, 0.3) is 0 Å². The van der Waals surface area contributed by atoms with E-state index in [2.05, 4.69) is 36.4 Å². The fourth-order valence-electron chi connectivity index (χ4n) is 4.00. The Morgan fingerprint density at radius 3 is 2.50 bits per heavy atom. The predicted octanol–water partition coefficient (Wildman–Crippen LogP) is 2.62. The molecule has 2 unspecified atom stereocenters. The van der Waals surface area contributed by atoms with Gasteiger partial charge in [-0.25, -0.2) is 4.99 Å². The van der Waals surface area contributed by atoms with Gasteiger partial charge in [-0.2, -0.15) is 0 Å². The minimum atomic E-state index is 0. The van der Waals surface area contributed by atoms with Crippen molar-refractivity contribution in [1.29, 1.82) is 0 Å². The first kappa shape index (κ1) is 23.5. The van der Waals surface area contributed by atoms with Crippen molar-refractivity contribution in [3.05, 3.63) is 0 Å². The SMILES string of the molecule is CCOC1CC(NC(=NCC(=O)N(C)C)NCC(C)C)C12CCCC2.I. The van der Waals surface area contributed by atoms with Gasteiger partial charge in [-0.05, 0) is 32.1 Å². The van der Waals surface area contributed by atoms with E-state index in [1.165, 1.54) is 25.7 Å². The maximum Gasteiger partial charge on any atom is 0.243 e. The lowest BCUT2D eigenvalue weighted by molar-refractivity contribution is -0.127. The molecular formula is C19H37IN4O2. The van der Waals surface area contributed by atoms with Crippen LogP contribution >= 0.6 is 24.0 Å². The van der Waals surface area contributed by atoms with Crippen LogP contribution in [-0.2, 0) is 9.53 Å². The zero-order chi connectivity index (χ0) is 18.4. The minimum Gasteiger partial charge on any atom is -0.378 e. The molecule has 26 heavy (non-hydrogen) atoms. The quantitative estimate of drug-likeness (QED) is 0.334. The van der Waals surface area contributed by atoms with E-state index in [4.69, 9.17) is 4.74 Å². The van der Waals surface area contributed by atoms with Crippen molar-refractivity contribution in [2.24, 2.45) is 16.3 Å². The van der Waals surface area contributed by atoms with Crippen LogP contribution in [0.1, 0.15) is 52.9 Å². The third-order valence-corrected chi connectivity index (χ3v) is 5.55. The normalized spacial score (nSPS) is 24.2. The average Bonchev–Trinajstić information content (AvgIpc) is 3.08. The van der Waals surface area contributed by atoms with E-state index < -0.39 is 0 Å². The van der Waals surface area contributed by atoms with E-state index in [1.54, 1.807) is 19.0 Å². The first-order chi connectivity index (χ1) is 11.9. The summed E-state index contributed by atoms with van der Waals surface area (Å²) in [6.07, 6.45) is 6.41. The number of likely N-dealkylation sites (N-methyl/N-ethyl adjacent to an activating group) is 1. The second kappa shape index (κ2) is 10.7. The summed E-state index contributed by atoms with van der Waals surface area (Å²) >= 11 is 0. The first-order valence-electron chi connectivity index (χ1n) is 9.75. The minimum absolute atomic E-state index is 0. The zero-order valence-corrected chi connectivity index (χ0v) is 19.3. The number of rotatable bonds is 7. The molecule has 2 atom stereocenters. The molecule has 0 aromatic carbocycles. The summed E-state index contributed by atoms with van der Waals surface area (Å²) in [5, 5.41) is 7.01. The lowest BCUT2D eigenvalue weighted by atomic mass is 9.60. The Kier molecular flexibility index (Phi) is 9.64. The Morgan fingerprint density at radius 1 is 1.31 bits per heavy atom. The predicted molar refractivity (Wildman–Crippen MR) is 117 cm³/mol. The molecule has 2 saturated carbocycles. The van der Waals surface area contributed by atoms with Crippen LogP contribution in [0.2, 0.25) is 0 Å². The third-order valence-electron chi connectivity index (χ3n) is 5.55. The van der Waals surface area contributed by atoms with Crippen LogP contribution in [0.15, 0.2) is 4.99 Å². The number of amides is 1. The lowest BCUT2D eigenvalue weighted by Crippen LogP contribution is -2.65. The number of hydrogen-bond acceptors (Lipinski definition) is 3. The van der Waals surface area contributed by atoms with Gasteiger partial charge in [0, 0.05) is 38.7 Å². The summed E-state index contributed by atoms with van der Waals surface area (Å²) in [7, 11) is 3.53. The van der Waals surface area contributed by atoms with Gasteiger partial charge in [0.1, 0.15) is 6.54 Å². The second-order valence-corrected chi connectivity index (χ2v) is 8.04. The summed E-state index contributed by atoms with van der Waals surface area (Å²) < 4.78 is 5.99. The van der Waals surface area contributed by atoms with Gasteiger partial charge in [0.15, 0.2) is 5.96 Å². The topological polar surface area (TPSA) is 66.0 Å². The molecule has 0 heterocycles. The Morgan fingerprint density at radius 2 is 1.96 bits per heavy atom. The van der Waals surface area contributed by atoms with Crippen molar-refractivity contribution in [3.63, 3.8) is 0 Å². The number of carbonyl (C=O) groups is 1. The Labute approximate surface area is 175 Å². The summed E-state index contributed by atoms with van der Waals surface area (Å²) in [6, 6.07) is 0.388. The highest BCUT2D eigenvalue weighted by atomic mass is 127. The number of nitrogens with zero attached hydrogens (tertiary/aromatic N) is 2. The van der Waals surface area contributed by atoms with Crippen LogP contribution < -0.4 is 10.6 Å². The van der Waals surface area contributed by atoms with Gasteiger partial charge >= 0.3 is 0 Å². The van der Waals surface area contributed by atoms with Crippen molar-refractivity contribution < 1.29 is 9.53 Å². The molecular weight excluding hydrogens is 443 g/mol. The van der Waals surface area contributed by atoms with Gasteiger partial charge in [0.2, 0.25) is 5.91 Å². The summed E-state index contributed by atoms with van der Waals surface area (Å²) in [5.74, 6) is 1.30. The Bertz CT molecular complexity index is 476. The van der Waals surface area contributed by atoms with Crippen molar-refractivity contribution in [2.45, 2.75) is 65.0 Å².